The highest BCUT2D eigenvalue weighted by atomic mass is 35.5. The molecule has 7 nitrogen and oxygen atoms in total. The fraction of sp³-hybridized carbons (Fsp3) is 0.217. The van der Waals surface area contributed by atoms with Gasteiger partial charge >= 0.3 is 0 Å². The zero-order valence-electron chi connectivity index (χ0n) is 17.9. The number of sulfonamides is 1. The van der Waals surface area contributed by atoms with E-state index in [9.17, 15) is 22.4 Å². The SMILES string of the molecule is O=C(NCc1ccc(S(=O)(=O)N2CCN(C(=O)c3ccc(F)cc3)CC2)s1)c1ccc(Cl)cc1. The van der Waals surface area contributed by atoms with Gasteiger partial charge in [-0.2, -0.15) is 4.31 Å². The number of rotatable bonds is 6. The van der Waals surface area contributed by atoms with E-state index in [0.29, 0.717) is 21.0 Å². The van der Waals surface area contributed by atoms with Gasteiger partial charge in [-0.15, -0.1) is 11.3 Å². The Kier molecular flexibility index (Phi) is 7.32. The molecule has 0 unspecified atom stereocenters. The van der Waals surface area contributed by atoms with Crippen molar-refractivity contribution in [1.82, 2.24) is 14.5 Å². The van der Waals surface area contributed by atoms with Gasteiger partial charge < -0.3 is 10.2 Å². The Hall–Kier alpha value is -2.79. The summed E-state index contributed by atoms with van der Waals surface area (Å²) in [5, 5.41) is 3.30. The van der Waals surface area contributed by atoms with Crippen molar-refractivity contribution in [3.63, 3.8) is 0 Å². The lowest BCUT2D eigenvalue weighted by Gasteiger charge is -2.33. The molecule has 1 aliphatic heterocycles. The maximum absolute atomic E-state index is 13.1. The number of benzene rings is 2. The van der Waals surface area contributed by atoms with Crippen LogP contribution in [0.25, 0.3) is 0 Å². The van der Waals surface area contributed by atoms with Crippen LogP contribution in [0.15, 0.2) is 64.9 Å². The molecule has 1 aliphatic rings. The van der Waals surface area contributed by atoms with Crippen LogP contribution < -0.4 is 5.32 Å². The molecule has 1 N–H and O–H groups in total. The fourth-order valence-corrected chi connectivity index (χ4v) is 6.49. The van der Waals surface area contributed by atoms with Crippen molar-refractivity contribution in [3.8, 4) is 0 Å². The van der Waals surface area contributed by atoms with Crippen molar-refractivity contribution in [2.24, 2.45) is 0 Å². The van der Waals surface area contributed by atoms with Crippen LogP contribution in [0.1, 0.15) is 25.6 Å². The third kappa shape index (κ3) is 5.47. The zero-order chi connectivity index (χ0) is 24.3. The minimum Gasteiger partial charge on any atom is -0.347 e. The third-order valence-electron chi connectivity index (χ3n) is 5.38. The Bertz CT molecular complexity index is 1290. The molecule has 178 valence electrons. The van der Waals surface area contributed by atoms with E-state index in [-0.39, 0.29) is 48.7 Å². The molecule has 1 aromatic heterocycles. The molecule has 2 amide bonds. The number of amides is 2. The van der Waals surface area contributed by atoms with Gasteiger partial charge in [0.25, 0.3) is 21.8 Å². The lowest BCUT2D eigenvalue weighted by atomic mass is 10.2. The molecule has 4 rings (SSSR count). The summed E-state index contributed by atoms with van der Waals surface area (Å²) in [7, 11) is -3.72. The number of nitrogens with one attached hydrogen (secondary N) is 1. The lowest BCUT2D eigenvalue weighted by molar-refractivity contribution is 0.0697. The molecule has 3 aromatic rings. The zero-order valence-corrected chi connectivity index (χ0v) is 20.3. The second-order valence-electron chi connectivity index (χ2n) is 7.61. The minimum absolute atomic E-state index is 0.163. The molecule has 1 fully saturated rings. The molecular formula is C23H21ClFN3O4S2. The van der Waals surface area contributed by atoms with Gasteiger partial charge in [0.2, 0.25) is 0 Å². The van der Waals surface area contributed by atoms with E-state index >= 15 is 0 Å². The normalized spacial score (nSPS) is 14.7. The first-order chi connectivity index (χ1) is 16.2. The standard InChI is InChI=1S/C23H21ClFN3O4S2/c24-18-5-1-16(2-6-18)22(29)26-15-20-9-10-21(33-20)34(31,32)28-13-11-27(12-14-28)23(30)17-3-7-19(25)8-4-17/h1-10H,11-15H2,(H,26,29). The molecule has 0 aliphatic carbocycles. The second kappa shape index (κ2) is 10.2. The van der Waals surface area contributed by atoms with E-state index in [4.69, 9.17) is 11.6 Å². The van der Waals surface area contributed by atoms with Crippen LogP contribution in [0.5, 0.6) is 0 Å². The van der Waals surface area contributed by atoms with Crippen molar-refractivity contribution >= 4 is 44.8 Å². The molecule has 1 saturated heterocycles. The molecule has 0 radical (unpaired) electrons. The highest BCUT2D eigenvalue weighted by Gasteiger charge is 2.31. The maximum atomic E-state index is 13.1. The van der Waals surface area contributed by atoms with E-state index in [1.54, 1.807) is 35.2 Å². The average molecular weight is 522 g/mol. The maximum Gasteiger partial charge on any atom is 0.253 e. The summed E-state index contributed by atoms with van der Waals surface area (Å²) < 4.78 is 40.8. The number of carbonyl (C=O) groups excluding carboxylic acids is 2. The fourth-order valence-electron chi connectivity index (χ4n) is 3.50. The van der Waals surface area contributed by atoms with Gasteiger partial charge in [-0.1, -0.05) is 11.6 Å². The molecule has 34 heavy (non-hydrogen) atoms. The van der Waals surface area contributed by atoms with Crippen LogP contribution in [0.4, 0.5) is 4.39 Å². The Morgan fingerprint density at radius 3 is 2.18 bits per heavy atom. The number of piperazine rings is 1. The summed E-state index contributed by atoms with van der Waals surface area (Å²) in [4.78, 5) is 27.1. The van der Waals surface area contributed by atoms with Gasteiger partial charge in [0.05, 0.1) is 6.54 Å². The van der Waals surface area contributed by atoms with Crippen molar-refractivity contribution in [2.75, 3.05) is 26.2 Å². The van der Waals surface area contributed by atoms with Crippen LogP contribution in [0.2, 0.25) is 5.02 Å². The molecule has 0 saturated carbocycles. The summed E-state index contributed by atoms with van der Waals surface area (Å²) in [6.45, 7) is 1.00. The van der Waals surface area contributed by atoms with Gasteiger partial charge in [0.15, 0.2) is 0 Å². The molecular weight excluding hydrogens is 501 g/mol. The van der Waals surface area contributed by atoms with Crippen LogP contribution in [0.3, 0.4) is 0 Å². The Morgan fingerprint density at radius 2 is 1.53 bits per heavy atom. The Balaban J connectivity index is 1.34. The van der Waals surface area contributed by atoms with E-state index in [1.807, 2.05) is 0 Å². The quantitative estimate of drug-likeness (QED) is 0.537. The van der Waals surface area contributed by atoms with E-state index in [0.717, 1.165) is 11.3 Å². The molecule has 2 heterocycles. The van der Waals surface area contributed by atoms with Crippen LogP contribution in [-0.2, 0) is 16.6 Å². The molecule has 0 spiro atoms. The average Bonchev–Trinajstić information content (AvgIpc) is 3.33. The summed E-state index contributed by atoms with van der Waals surface area (Å²) in [5.74, 6) is -0.962. The van der Waals surface area contributed by atoms with Crippen LogP contribution in [-0.4, -0.2) is 55.6 Å². The third-order valence-corrected chi connectivity index (χ3v) is 9.08. The number of nitrogens with zero attached hydrogens (tertiary/aromatic N) is 2. The number of hydrogen-bond acceptors (Lipinski definition) is 5. The molecule has 11 heteroatoms. The minimum atomic E-state index is -3.72. The largest absolute Gasteiger partial charge is 0.347 e. The van der Waals surface area contributed by atoms with Gasteiger partial charge in [0, 0.05) is 47.2 Å². The lowest BCUT2D eigenvalue weighted by Crippen LogP contribution is -2.50. The van der Waals surface area contributed by atoms with Crippen molar-refractivity contribution in [1.29, 1.82) is 0 Å². The topological polar surface area (TPSA) is 86.8 Å². The van der Waals surface area contributed by atoms with E-state index in [2.05, 4.69) is 5.32 Å². The van der Waals surface area contributed by atoms with E-state index in [1.165, 1.54) is 34.6 Å². The second-order valence-corrected chi connectivity index (χ2v) is 11.4. The first-order valence-corrected chi connectivity index (χ1v) is 13.0. The predicted octanol–water partition coefficient (Wildman–Crippen LogP) is 3.62. The number of hydrogen-bond donors (Lipinski definition) is 1. The van der Waals surface area contributed by atoms with Gasteiger partial charge in [-0.25, -0.2) is 12.8 Å². The Labute approximate surface area is 205 Å². The Morgan fingerprint density at radius 1 is 0.912 bits per heavy atom. The summed E-state index contributed by atoms with van der Waals surface area (Å²) >= 11 is 6.93. The number of thiophene rings is 1. The van der Waals surface area contributed by atoms with Crippen molar-refractivity contribution in [3.05, 3.63) is 87.5 Å². The summed E-state index contributed by atoms with van der Waals surface area (Å²) in [6, 6.07) is 15.0. The van der Waals surface area contributed by atoms with Crippen molar-refractivity contribution in [2.45, 2.75) is 10.8 Å². The first-order valence-electron chi connectivity index (χ1n) is 10.4. The summed E-state index contributed by atoms with van der Waals surface area (Å²) in [5.41, 5.74) is 0.822. The number of halogens is 2. The summed E-state index contributed by atoms with van der Waals surface area (Å²) in [6.07, 6.45) is 0. The predicted molar refractivity (Wildman–Crippen MR) is 128 cm³/mol. The highest BCUT2D eigenvalue weighted by Crippen LogP contribution is 2.26. The first kappa shape index (κ1) is 24.3. The number of carbonyl (C=O) groups is 2. The smallest absolute Gasteiger partial charge is 0.253 e. The molecule has 0 atom stereocenters. The molecule has 0 bridgehead atoms. The molecule has 2 aromatic carbocycles. The van der Waals surface area contributed by atoms with Gasteiger partial charge in [-0.05, 0) is 60.7 Å². The van der Waals surface area contributed by atoms with Crippen molar-refractivity contribution < 1.29 is 22.4 Å². The van der Waals surface area contributed by atoms with E-state index < -0.39 is 15.8 Å². The monoisotopic (exact) mass is 521 g/mol. The van der Waals surface area contributed by atoms with Gasteiger partial charge in [-0.3, -0.25) is 9.59 Å². The van der Waals surface area contributed by atoms with Crippen LogP contribution >= 0.6 is 22.9 Å². The van der Waals surface area contributed by atoms with Crippen LogP contribution in [0, 0.1) is 5.82 Å². The van der Waals surface area contributed by atoms with Gasteiger partial charge in [0.1, 0.15) is 10.0 Å². The highest BCUT2D eigenvalue weighted by molar-refractivity contribution is 7.91.